The van der Waals surface area contributed by atoms with E-state index >= 15 is 0 Å². The maximum Gasteiger partial charge on any atom is 0.129 e. The normalized spacial score (nSPS) is 11.1. The average Bonchev–Trinajstić information content (AvgIpc) is 2.80. The molecule has 4 heteroatoms. The summed E-state index contributed by atoms with van der Waals surface area (Å²) in [4.78, 5) is 8.66. The maximum atomic E-state index is 6.04. The molecule has 3 aromatic rings. The highest BCUT2D eigenvalue weighted by Gasteiger charge is 2.13. The molecule has 0 fully saturated rings. The van der Waals surface area contributed by atoms with E-state index in [1.807, 2.05) is 6.07 Å². The van der Waals surface area contributed by atoms with Gasteiger partial charge in [-0.05, 0) is 37.1 Å². The number of hydrogen-bond donors (Lipinski definition) is 0. The summed E-state index contributed by atoms with van der Waals surface area (Å²) in [6.07, 6.45) is 3.55. The van der Waals surface area contributed by atoms with Crippen molar-refractivity contribution in [3.05, 3.63) is 53.6 Å². The number of fused-ring (bicyclic) bond motifs is 1. The molecule has 3 rings (SSSR count). The fraction of sp³-hybridized carbons (Fsp3) is 0.200. The summed E-state index contributed by atoms with van der Waals surface area (Å²) < 4.78 is 2.12. The van der Waals surface area contributed by atoms with Gasteiger partial charge in [-0.2, -0.15) is 0 Å². The third kappa shape index (κ3) is 2.00. The second-order valence-electron chi connectivity index (χ2n) is 4.65. The first-order valence-electron chi connectivity index (χ1n) is 6.15. The molecule has 0 amide bonds. The zero-order valence-electron chi connectivity index (χ0n) is 10.9. The molecule has 2 heterocycles. The van der Waals surface area contributed by atoms with Gasteiger partial charge in [-0.3, -0.25) is 9.55 Å². The molecule has 0 atom stereocenters. The third-order valence-electron chi connectivity index (χ3n) is 3.25. The monoisotopic (exact) mass is 271 g/mol. The number of aryl methyl sites for hydroxylation is 2. The highest BCUT2D eigenvalue weighted by Crippen LogP contribution is 2.25. The van der Waals surface area contributed by atoms with Crippen molar-refractivity contribution in [2.75, 3.05) is 0 Å². The number of halogens is 1. The Morgan fingerprint density at radius 1 is 1.21 bits per heavy atom. The van der Waals surface area contributed by atoms with E-state index in [1.165, 1.54) is 11.1 Å². The fourth-order valence-electron chi connectivity index (χ4n) is 2.30. The Balaban J connectivity index is 2.37. The lowest BCUT2D eigenvalue weighted by Crippen LogP contribution is -2.02. The minimum Gasteiger partial charge on any atom is -0.295 e. The van der Waals surface area contributed by atoms with E-state index < -0.39 is 0 Å². The van der Waals surface area contributed by atoms with Crippen LogP contribution in [0.1, 0.15) is 17.0 Å². The first kappa shape index (κ1) is 12.2. The van der Waals surface area contributed by atoms with Gasteiger partial charge in [0.2, 0.25) is 0 Å². The van der Waals surface area contributed by atoms with Crippen molar-refractivity contribution in [1.82, 2.24) is 14.5 Å². The number of rotatable bonds is 2. The van der Waals surface area contributed by atoms with E-state index in [9.17, 15) is 0 Å². The van der Waals surface area contributed by atoms with Crippen LogP contribution in [0.5, 0.6) is 0 Å². The molecule has 0 spiro atoms. The largest absolute Gasteiger partial charge is 0.295 e. The lowest BCUT2D eigenvalue weighted by atomic mass is 10.1. The number of imidazole rings is 1. The van der Waals surface area contributed by atoms with Gasteiger partial charge in [-0.15, -0.1) is 11.6 Å². The minimum absolute atomic E-state index is 0.377. The van der Waals surface area contributed by atoms with Crippen molar-refractivity contribution >= 4 is 22.6 Å². The highest BCUT2D eigenvalue weighted by atomic mass is 35.5. The Hall–Kier alpha value is -1.87. The van der Waals surface area contributed by atoms with Crippen molar-refractivity contribution in [3.63, 3.8) is 0 Å². The van der Waals surface area contributed by atoms with E-state index in [2.05, 4.69) is 46.6 Å². The van der Waals surface area contributed by atoms with Gasteiger partial charge >= 0.3 is 0 Å². The first-order chi connectivity index (χ1) is 9.20. The number of hydrogen-bond acceptors (Lipinski definition) is 2. The van der Waals surface area contributed by atoms with E-state index in [4.69, 9.17) is 11.6 Å². The van der Waals surface area contributed by atoms with Crippen LogP contribution in [-0.4, -0.2) is 14.5 Å². The highest BCUT2D eigenvalue weighted by molar-refractivity contribution is 6.17. The first-order valence-corrected chi connectivity index (χ1v) is 6.69. The van der Waals surface area contributed by atoms with Crippen LogP contribution < -0.4 is 0 Å². The Bertz CT molecular complexity index is 746. The van der Waals surface area contributed by atoms with Crippen molar-refractivity contribution in [3.8, 4) is 5.69 Å². The zero-order chi connectivity index (χ0) is 13.4. The van der Waals surface area contributed by atoms with Gasteiger partial charge in [0.05, 0.1) is 23.3 Å². The molecule has 19 heavy (non-hydrogen) atoms. The number of pyridine rings is 1. The molecule has 96 valence electrons. The molecule has 0 radical (unpaired) electrons. The Morgan fingerprint density at radius 2 is 2.05 bits per heavy atom. The van der Waals surface area contributed by atoms with Crippen LogP contribution >= 0.6 is 11.6 Å². The second kappa shape index (κ2) is 4.67. The molecule has 0 unspecified atom stereocenters. The topological polar surface area (TPSA) is 30.7 Å². The Morgan fingerprint density at radius 3 is 2.84 bits per heavy atom. The molecule has 0 aliphatic carbocycles. The van der Waals surface area contributed by atoms with Crippen LogP contribution in [0, 0.1) is 13.8 Å². The van der Waals surface area contributed by atoms with Crippen LogP contribution in [0.15, 0.2) is 36.7 Å². The van der Waals surface area contributed by atoms with Crippen molar-refractivity contribution in [1.29, 1.82) is 0 Å². The molecule has 0 bridgehead atoms. The van der Waals surface area contributed by atoms with Gasteiger partial charge in [0.25, 0.3) is 0 Å². The summed E-state index contributed by atoms with van der Waals surface area (Å²) in [6, 6.07) is 8.36. The predicted molar refractivity (Wildman–Crippen MR) is 77.9 cm³/mol. The number of alkyl halides is 1. The standard InChI is InChI=1S/C15H14ClN3/c1-10-3-4-11(2)14(7-10)19-13-5-6-17-9-12(13)18-15(19)8-16/h3-7,9H,8H2,1-2H3. The summed E-state index contributed by atoms with van der Waals surface area (Å²) in [5.41, 5.74) is 5.47. The van der Waals surface area contributed by atoms with Crippen LogP contribution in [-0.2, 0) is 5.88 Å². The van der Waals surface area contributed by atoms with Crippen LogP contribution in [0.3, 0.4) is 0 Å². The molecular weight excluding hydrogens is 258 g/mol. The lowest BCUT2D eigenvalue weighted by Gasteiger charge is -2.12. The zero-order valence-corrected chi connectivity index (χ0v) is 11.6. The predicted octanol–water partition coefficient (Wildman–Crippen LogP) is 3.78. The minimum atomic E-state index is 0.377. The van der Waals surface area contributed by atoms with Crippen molar-refractivity contribution < 1.29 is 0 Å². The Labute approximate surface area is 116 Å². The molecule has 0 saturated carbocycles. The summed E-state index contributed by atoms with van der Waals surface area (Å²) in [5.74, 6) is 1.22. The molecule has 1 aromatic carbocycles. The van der Waals surface area contributed by atoms with Gasteiger partial charge in [0.1, 0.15) is 11.3 Å². The van der Waals surface area contributed by atoms with Crippen LogP contribution in [0.25, 0.3) is 16.7 Å². The maximum absolute atomic E-state index is 6.04. The van der Waals surface area contributed by atoms with Gasteiger partial charge in [0.15, 0.2) is 0 Å². The second-order valence-corrected chi connectivity index (χ2v) is 4.92. The van der Waals surface area contributed by atoms with E-state index in [0.717, 1.165) is 22.5 Å². The van der Waals surface area contributed by atoms with Gasteiger partial charge in [-0.25, -0.2) is 4.98 Å². The quantitative estimate of drug-likeness (QED) is 0.664. The Kier molecular flexibility index (Phi) is 2.99. The molecule has 2 aromatic heterocycles. The molecule has 3 nitrogen and oxygen atoms in total. The van der Waals surface area contributed by atoms with Gasteiger partial charge in [-0.1, -0.05) is 12.1 Å². The summed E-state index contributed by atoms with van der Waals surface area (Å²) in [6.45, 7) is 4.18. The van der Waals surface area contributed by atoms with Crippen LogP contribution in [0.2, 0.25) is 0 Å². The molecular formula is C15H14ClN3. The lowest BCUT2D eigenvalue weighted by molar-refractivity contribution is 0.970. The van der Waals surface area contributed by atoms with E-state index in [1.54, 1.807) is 12.4 Å². The third-order valence-corrected chi connectivity index (χ3v) is 3.49. The number of aromatic nitrogens is 3. The molecule has 0 aliphatic heterocycles. The van der Waals surface area contributed by atoms with Crippen molar-refractivity contribution in [2.24, 2.45) is 0 Å². The van der Waals surface area contributed by atoms with Gasteiger partial charge in [0, 0.05) is 6.20 Å². The number of nitrogens with zero attached hydrogens (tertiary/aromatic N) is 3. The SMILES string of the molecule is Cc1ccc(C)c(-n2c(CCl)nc3cnccc32)c1. The van der Waals surface area contributed by atoms with E-state index in [0.29, 0.717) is 5.88 Å². The summed E-state index contributed by atoms with van der Waals surface area (Å²) >= 11 is 6.04. The van der Waals surface area contributed by atoms with E-state index in [-0.39, 0.29) is 0 Å². The number of benzene rings is 1. The van der Waals surface area contributed by atoms with Gasteiger partial charge < -0.3 is 0 Å². The van der Waals surface area contributed by atoms with Crippen molar-refractivity contribution in [2.45, 2.75) is 19.7 Å². The fourth-order valence-corrected chi connectivity index (χ4v) is 2.48. The summed E-state index contributed by atoms with van der Waals surface area (Å²) in [7, 11) is 0. The molecule has 0 N–H and O–H groups in total. The smallest absolute Gasteiger partial charge is 0.129 e. The molecule has 0 saturated heterocycles. The molecule has 0 aliphatic rings. The summed E-state index contributed by atoms with van der Waals surface area (Å²) in [5, 5.41) is 0. The van der Waals surface area contributed by atoms with Crippen LogP contribution in [0.4, 0.5) is 0 Å². The average molecular weight is 272 g/mol.